The van der Waals surface area contributed by atoms with Crippen molar-refractivity contribution in [3.05, 3.63) is 29.3 Å². The first-order valence-corrected chi connectivity index (χ1v) is 5.80. The third kappa shape index (κ3) is 2.35. The number of benzene rings is 1. The molecule has 1 fully saturated rings. The Balaban J connectivity index is 1.97. The minimum atomic E-state index is -0.0848. The summed E-state index contributed by atoms with van der Waals surface area (Å²) in [5, 5.41) is 5.86. The molecule has 1 aromatic carbocycles. The number of nitrogens with one attached hydrogen (secondary N) is 2. The topological polar surface area (TPSA) is 41.1 Å². The number of aryl methyl sites for hydroxylation is 1. The first kappa shape index (κ1) is 11.0. The van der Waals surface area contributed by atoms with Crippen LogP contribution in [0.15, 0.2) is 18.2 Å². The zero-order valence-electron chi connectivity index (χ0n) is 9.84. The van der Waals surface area contributed by atoms with Crippen molar-refractivity contribution in [3.8, 4) is 0 Å². The van der Waals surface area contributed by atoms with Gasteiger partial charge in [0.05, 0.1) is 0 Å². The minimum absolute atomic E-state index is 0.0848. The number of hydrogen-bond donors (Lipinski definition) is 2. The fourth-order valence-corrected chi connectivity index (χ4v) is 1.78. The highest BCUT2D eigenvalue weighted by Crippen LogP contribution is 2.20. The summed E-state index contributed by atoms with van der Waals surface area (Å²) < 4.78 is 0. The van der Waals surface area contributed by atoms with Crippen LogP contribution in [0.1, 0.15) is 30.4 Å². The van der Waals surface area contributed by atoms with E-state index in [1.807, 2.05) is 32.0 Å². The van der Waals surface area contributed by atoms with Crippen molar-refractivity contribution in [3.63, 3.8) is 0 Å². The summed E-state index contributed by atoms with van der Waals surface area (Å²) in [6.45, 7) is 4.07. The van der Waals surface area contributed by atoms with Crippen molar-refractivity contribution in [1.82, 2.24) is 5.32 Å². The van der Waals surface area contributed by atoms with Gasteiger partial charge in [-0.2, -0.15) is 0 Å². The zero-order valence-corrected chi connectivity index (χ0v) is 9.84. The second-order valence-electron chi connectivity index (χ2n) is 4.47. The number of hydrogen-bond acceptors (Lipinski definition) is 1. The van der Waals surface area contributed by atoms with Crippen LogP contribution in [0.2, 0.25) is 0 Å². The Labute approximate surface area is 96.2 Å². The minimum Gasteiger partial charge on any atom is -0.335 e. The average Bonchev–Trinajstić information content (AvgIpc) is 2.19. The predicted molar refractivity (Wildman–Crippen MR) is 65.7 cm³/mol. The Hall–Kier alpha value is -1.51. The standard InChI is InChI=1S/C13H18N2O/c1-9-5-3-8-12(10(9)2)15-13(16)14-11-6-4-7-11/h3,5,8,11H,4,6-7H2,1-2H3,(H2,14,15,16). The van der Waals surface area contributed by atoms with Crippen LogP contribution < -0.4 is 10.6 Å². The van der Waals surface area contributed by atoms with Crippen LogP contribution in [0.3, 0.4) is 0 Å². The highest BCUT2D eigenvalue weighted by molar-refractivity contribution is 5.90. The van der Waals surface area contributed by atoms with Gasteiger partial charge in [0.2, 0.25) is 0 Å². The second kappa shape index (κ2) is 4.56. The van der Waals surface area contributed by atoms with E-state index in [0.29, 0.717) is 6.04 Å². The van der Waals surface area contributed by atoms with Crippen LogP contribution in [0.25, 0.3) is 0 Å². The van der Waals surface area contributed by atoms with Crippen LogP contribution in [0.5, 0.6) is 0 Å². The Kier molecular flexibility index (Phi) is 3.13. The van der Waals surface area contributed by atoms with Crippen molar-refractivity contribution in [2.45, 2.75) is 39.2 Å². The maximum atomic E-state index is 11.7. The molecular formula is C13H18N2O. The molecular weight excluding hydrogens is 200 g/mol. The molecule has 1 aliphatic rings. The molecule has 1 aliphatic carbocycles. The summed E-state index contributed by atoms with van der Waals surface area (Å²) in [5.74, 6) is 0. The molecule has 0 saturated heterocycles. The number of amides is 2. The lowest BCUT2D eigenvalue weighted by Crippen LogP contribution is -2.41. The highest BCUT2D eigenvalue weighted by Gasteiger charge is 2.19. The van der Waals surface area contributed by atoms with E-state index in [1.54, 1.807) is 0 Å². The van der Waals surface area contributed by atoms with Gasteiger partial charge in [-0.1, -0.05) is 12.1 Å². The number of anilines is 1. The molecule has 2 amide bonds. The van der Waals surface area contributed by atoms with Crippen molar-refractivity contribution in [2.75, 3.05) is 5.32 Å². The molecule has 0 bridgehead atoms. The van der Waals surface area contributed by atoms with Gasteiger partial charge in [0.1, 0.15) is 0 Å². The summed E-state index contributed by atoms with van der Waals surface area (Å²) >= 11 is 0. The molecule has 0 unspecified atom stereocenters. The first-order chi connectivity index (χ1) is 7.66. The normalized spacial score (nSPS) is 15.4. The molecule has 1 saturated carbocycles. The molecule has 3 heteroatoms. The Bertz CT molecular complexity index is 397. The van der Waals surface area contributed by atoms with Gasteiger partial charge in [0.25, 0.3) is 0 Å². The van der Waals surface area contributed by atoms with E-state index in [9.17, 15) is 4.79 Å². The Morgan fingerprint density at radius 3 is 2.69 bits per heavy atom. The Morgan fingerprint density at radius 2 is 2.06 bits per heavy atom. The summed E-state index contributed by atoms with van der Waals surface area (Å²) in [6, 6.07) is 6.23. The van der Waals surface area contributed by atoms with E-state index in [2.05, 4.69) is 10.6 Å². The molecule has 0 aliphatic heterocycles. The average molecular weight is 218 g/mol. The molecule has 0 spiro atoms. The molecule has 0 atom stereocenters. The lowest BCUT2D eigenvalue weighted by Gasteiger charge is -2.26. The molecule has 0 aromatic heterocycles. The van der Waals surface area contributed by atoms with Crippen LogP contribution >= 0.6 is 0 Å². The Morgan fingerprint density at radius 1 is 1.31 bits per heavy atom. The van der Waals surface area contributed by atoms with E-state index >= 15 is 0 Å². The lowest BCUT2D eigenvalue weighted by atomic mass is 9.93. The van der Waals surface area contributed by atoms with Gasteiger partial charge in [-0.25, -0.2) is 4.79 Å². The first-order valence-electron chi connectivity index (χ1n) is 5.80. The van der Waals surface area contributed by atoms with Crippen molar-refractivity contribution in [2.24, 2.45) is 0 Å². The van der Waals surface area contributed by atoms with Gasteiger partial charge >= 0.3 is 6.03 Å². The molecule has 0 radical (unpaired) electrons. The lowest BCUT2D eigenvalue weighted by molar-refractivity contribution is 0.240. The number of carbonyl (C=O) groups excluding carboxylic acids is 1. The van der Waals surface area contributed by atoms with Gasteiger partial charge < -0.3 is 10.6 Å². The molecule has 1 aromatic rings. The van der Waals surface area contributed by atoms with Gasteiger partial charge in [0.15, 0.2) is 0 Å². The maximum Gasteiger partial charge on any atom is 0.319 e. The number of urea groups is 1. The van der Waals surface area contributed by atoms with Gasteiger partial charge in [-0.3, -0.25) is 0 Å². The molecule has 2 N–H and O–H groups in total. The molecule has 3 nitrogen and oxygen atoms in total. The van der Waals surface area contributed by atoms with Gasteiger partial charge in [0, 0.05) is 11.7 Å². The third-order valence-electron chi connectivity index (χ3n) is 3.29. The number of carbonyl (C=O) groups is 1. The summed E-state index contributed by atoms with van der Waals surface area (Å²) in [7, 11) is 0. The zero-order chi connectivity index (χ0) is 11.5. The summed E-state index contributed by atoms with van der Waals surface area (Å²) in [5.41, 5.74) is 3.23. The smallest absolute Gasteiger partial charge is 0.319 e. The van der Waals surface area contributed by atoms with E-state index in [-0.39, 0.29) is 6.03 Å². The monoisotopic (exact) mass is 218 g/mol. The highest BCUT2D eigenvalue weighted by atomic mass is 16.2. The van der Waals surface area contributed by atoms with E-state index in [4.69, 9.17) is 0 Å². The maximum absolute atomic E-state index is 11.7. The van der Waals surface area contributed by atoms with Crippen LogP contribution in [-0.2, 0) is 0 Å². The molecule has 86 valence electrons. The second-order valence-corrected chi connectivity index (χ2v) is 4.47. The third-order valence-corrected chi connectivity index (χ3v) is 3.29. The largest absolute Gasteiger partial charge is 0.335 e. The van der Waals surface area contributed by atoms with Crippen LogP contribution in [-0.4, -0.2) is 12.1 Å². The van der Waals surface area contributed by atoms with Crippen LogP contribution in [0.4, 0.5) is 10.5 Å². The quantitative estimate of drug-likeness (QED) is 0.787. The summed E-state index contributed by atoms with van der Waals surface area (Å²) in [4.78, 5) is 11.7. The van der Waals surface area contributed by atoms with E-state index in [0.717, 1.165) is 24.1 Å². The SMILES string of the molecule is Cc1cccc(NC(=O)NC2CCC2)c1C. The molecule has 0 heterocycles. The van der Waals surface area contributed by atoms with Crippen molar-refractivity contribution >= 4 is 11.7 Å². The molecule has 2 rings (SSSR count). The van der Waals surface area contributed by atoms with Crippen LogP contribution in [0, 0.1) is 13.8 Å². The van der Waals surface area contributed by atoms with Gasteiger partial charge in [-0.15, -0.1) is 0 Å². The van der Waals surface area contributed by atoms with E-state index < -0.39 is 0 Å². The fraction of sp³-hybridized carbons (Fsp3) is 0.462. The van der Waals surface area contributed by atoms with E-state index in [1.165, 1.54) is 12.0 Å². The predicted octanol–water partition coefficient (Wildman–Crippen LogP) is 2.98. The van der Waals surface area contributed by atoms with Crippen molar-refractivity contribution in [1.29, 1.82) is 0 Å². The molecule has 16 heavy (non-hydrogen) atoms. The van der Waals surface area contributed by atoms with Gasteiger partial charge in [-0.05, 0) is 50.3 Å². The fourth-order valence-electron chi connectivity index (χ4n) is 1.78. The number of rotatable bonds is 2. The van der Waals surface area contributed by atoms with Crippen molar-refractivity contribution < 1.29 is 4.79 Å². The summed E-state index contributed by atoms with van der Waals surface area (Å²) in [6.07, 6.45) is 3.45.